The lowest BCUT2D eigenvalue weighted by atomic mass is 10.1. The number of ether oxygens (including phenoxy) is 4. The second kappa shape index (κ2) is 9.05. The van der Waals surface area contributed by atoms with Crippen LogP contribution in [0.2, 0.25) is 0 Å². The summed E-state index contributed by atoms with van der Waals surface area (Å²) in [6.45, 7) is 2.39. The van der Waals surface area contributed by atoms with E-state index >= 15 is 0 Å². The summed E-state index contributed by atoms with van der Waals surface area (Å²) in [6.07, 6.45) is 0. The second-order valence-corrected chi connectivity index (χ2v) is 6.84. The molecule has 0 aliphatic carbocycles. The molecule has 0 amide bonds. The smallest absolute Gasteiger partial charge is 0.217 e. The molecule has 1 aliphatic rings. The summed E-state index contributed by atoms with van der Waals surface area (Å²) < 4.78 is 21.6. The molecule has 9 heteroatoms. The third kappa shape index (κ3) is 4.04. The topological polar surface area (TPSA) is 87.9 Å². The van der Waals surface area contributed by atoms with Crippen molar-refractivity contribution in [1.82, 2.24) is 15.0 Å². The molecule has 1 saturated heterocycles. The molecule has 4 rings (SSSR count). The van der Waals surface area contributed by atoms with E-state index in [4.69, 9.17) is 18.9 Å². The van der Waals surface area contributed by atoms with Crippen LogP contribution in [0.5, 0.6) is 17.2 Å². The molecule has 1 fully saturated rings. The standard InChI is InChI=1S/C22H24N4O5/c1-28-17-13-15(14-18(29-2)21(17)30-3)20(27)19-22(25-9-11-31-12-10-25)24-26(23-19)16-7-5-4-6-8-16/h4-8,13-14H,9-12H2,1-3H3. The van der Waals surface area contributed by atoms with Gasteiger partial charge in [0.15, 0.2) is 23.0 Å². The highest BCUT2D eigenvalue weighted by Crippen LogP contribution is 2.39. The second-order valence-electron chi connectivity index (χ2n) is 6.84. The van der Waals surface area contributed by atoms with Gasteiger partial charge in [-0.05, 0) is 24.3 Å². The lowest BCUT2D eigenvalue weighted by Crippen LogP contribution is -2.37. The normalized spacial score (nSPS) is 13.7. The maximum absolute atomic E-state index is 13.6. The van der Waals surface area contributed by atoms with Gasteiger partial charge < -0.3 is 23.8 Å². The summed E-state index contributed by atoms with van der Waals surface area (Å²) in [5.74, 6) is 1.44. The van der Waals surface area contributed by atoms with Crippen molar-refractivity contribution in [1.29, 1.82) is 0 Å². The Bertz CT molecular complexity index is 1040. The summed E-state index contributed by atoms with van der Waals surface area (Å²) in [4.78, 5) is 17.1. The molecule has 1 aromatic heterocycles. The number of benzene rings is 2. The van der Waals surface area contributed by atoms with E-state index in [1.165, 1.54) is 26.1 Å². The number of nitrogens with zero attached hydrogens (tertiary/aromatic N) is 4. The van der Waals surface area contributed by atoms with Crippen LogP contribution < -0.4 is 19.1 Å². The Labute approximate surface area is 180 Å². The van der Waals surface area contributed by atoms with Crippen molar-refractivity contribution in [2.75, 3.05) is 52.5 Å². The molecule has 0 unspecified atom stereocenters. The molecule has 1 aliphatic heterocycles. The number of carbonyl (C=O) groups is 1. The summed E-state index contributed by atoms with van der Waals surface area (Å²) >= 11 is 0. The zero-order valence-corrected chi connectivity index (χ0v) is 17.7. The lowest BCUT2D eigenvalue weighted by molar-refractivity contribution is 0.103. The van der Waals surface area contributed by atoms with E-state index in [1.807, 2.05) is 35.2 Å². The molecule has 0 radical (unpaired) electrons. The van der Waals surface area contributed by atoms with Crippen molar-refractivity contribution in [2.24, 2.45) is 0 Å². The van der Waals surface area contributed by atoms with Crippen LogP contribution in [-0.4, -0.2) is 68.4 Å². The van der Waals surface area contributed by atoms with Gasteiger partial charge in [0.1, 0.15) is 0 Å². The first-order valence-electron chi connectivity index (χ1n) is 9.86. The van der Waals surface area contributed by atoms with E-state index < -0.39 is 0 Å². The van der Waals surface area contributed by atoms with Crippen LogP contribution in [0, 0.1) is 0 Å². The van der Waals surface area contributed by atoms with Gasteiger partial charge in [0, 0.05) is 18.7 Å². The first-order chi connectivity index (χ1) is 15.2. The molecular formula is C22H24N4O5. The van der Waals surface area contributed by atoms with Gasteiger partial charge in [0.25, 0.3) is 0 Å². The Morgan fingerprint density at radius 3 is 2.16 bits per heavy atom. The van der Waals surface area contributed by atoms with Crippen LogP contribution in [0.4, 0.5) is 5.82 Å². The van der Waals surface area contributed by atoms with Gasteiger partial charge in [0.05, 0.1) is 40.2 Å². The summed E-state index contributed by atoms with van der Waals surface area (Å²) in [5.41, 5.74) is 1.38. The van der Waals surface area contributed by atoms with Crippen molar-refractivity contribution in [2.45, 2.75) is 0 Å². The number of rotatable bonds is 7. The Balaban J connectivity index is 1.81. The fourth-order valence-corrected chi connectivity index (χ4v) is 3.46. The molecule has 162 valence electrons. The molecule has 9 nitrogen and oxygen atoms in total. The largest absolute Gasteiger partial charge is 0.493 e. The van der Waals surface area contributed by atoms with E-state index in [-0.39, 0.29) is 11.5 Å². The maximum Gasteiger partial charge on any atom is 0.217 e. The summed E-state index contributed by atoms with van der Waals surface area (Å²) in [7, 11) is 4.54. The van der Waals surface area contributed by atoms with Gasteiger partial charge in [-0.1, -0.05) is 18.2 Å². The summed E-state index contributed by atoms with van der Waals surface area (Å²) in [5, 5.41) is 9.18. The molecule has 0 atom stereocenters. The number of morpholine rings is 1. The van der Waals surface area contributed by atoms with Gasteiger partial charge in [-0.25, -0.2) is 0 Å². The number of methoxy groups -OCH3 is 3. The van der Waals surface area contributed by atoms with Crippen molar-refractivity contribution in [3.8, 4) is 22.9 Å². The average molecular weight is 424 g/mol. The van der Waals surface area contributed by atoms with Gasteiger partial charge in [-0.15, -0.1) is 15.0 Å². The van der Waals surface area contributed by atoms with Crippen LogP contribution in [0.15, 0.2) is 42.5 Å². The Hall–Kier alpha value is -3.59. The highest BCUT2D eigenvalue weighted by Gasteiger charge is 2.28. The van der Waals surface area contributed by atoms with Crippen LogP contribution in [0.3, 0.4) is 0 Å². The minimum atomic E-state index is -0.289. The van der Waals surface area contributed by atoms with E-state index in [0.29, 0.717) is 54.9 Å². The summed E-state index contributed by atoms with van der Waals surface area (Å²) in [6, 6.07) is 12.7. The highest BCUT2D eigenvalue weighted by atomic mass is 16.5. The molecule has 2 aromatic carbocycles. The monoisotopic (exact) mass is 424 g/mol. The third-order valence-electron chi connectivity index (χ3n) is 5.04. The minimum Gasteiger partial charge on any atom is -0.493 e. The van der Waals surface area contributed by atoms with Gasteiger partial charge in [0.2, 0.25) is 11.5 Å². The van der Waals surface area contributed by atoms with E-state index in [0.717, 1.165) is 5.69 Å². The van der Waals surface area contributed by atoms with Crippen LogP contribution in [-0.2, 0) is 4.74 Å². The first-order valence-corrected chi connectivity index (χ1v) is 9.86. The Morgan fingerprint density at radius 1 is 0.935 bits per heavy atom. The van der Waals surface area contributed by atoms with Crippen LogP contribution in [0.1, 0.15) is 16.1 Å². The predicted octanol–water partition coefficient (Wildman–Crippen LogP) is 2.36. The molecule has 0 N–H and O–H groups in total. The molecular weight excluding hydrogens is 400 g/mol. The number of hydrogen-bond acceptors (Lipinski definition) is 8. The fraction of sp³-hybridized carbons (Fsp3) is 0.318. The third-order valence-corrected chi connectivity index (χ3v) is 5.04. The average Bonchev–Trinajstić information content (AvgIpc) is 3.29. The van der Waals surface area contributed by atoms with E-state index in [9.17, 15) is 4.79 Å². The molecule has 0 spiro atoms. The zero-order chi connectivity index (χ0) is 21.8. The molecule has 3 aromatic rings. The maximum atomic E-state index is 13.6. The Kier molecular flexibility index (Phi) is 6.03. The molecule has 0 bridgehead atoms. The lowest BCUT2D eigenvalue weighted by Gasteiger charge is -2.26. The van der Waals surface area contributed by atoms with Crippen molar-refractivity contribution >= 4 is 11.6 Å². The molecule has 31 heavy (non-hydrogen) atoms. The van der Waals surface area contributed by atoms with Crippen LogP contribution >= 0.6 is 0 Å². The first kappa shape index (κ1) is 20.7. The SMILES string of the molecule is COc1cc(C(=O)c2nn(-c3ccccc3)nc2N2CCOCC2)cc(OC)c1OC. The van der Waals surface area contributed by atoms with Gasteiger partial charge in [-0.2, -0.15) is 0 Å². The van der Waals surface area contributed by atoms with Crippen molar-refractivity contribution < 1.29 is 23.7 Å². The van der Waals surface area contributed by atoms with Crippen LogP contribution in [0.25, 0.3) is 5.69 Å². The number of anilines is 1. The van der Waals surface area contributed by atoms with Crippen molar-refractivity contribution in [3.63, 3.8) is 0 Å². The van der Waals surface area contributed by atoms with E-state index in [2.05, 4.69) is 10.2 Å². The fourth-order valence-electron chi connectivity index (χ4n) is 3.46. The number of carbonyl (C=O) groups excluding carboxylic acids is 1. The predicted molar refractivity (Wildman–Crippen MR) is 114 cm³/mol. The Morgan fingerprint density at radius 2 is 1.58 bits per heavy atom. The quantitative estimate of drug-likeness (QED) is 0.534. The number of para-hydroxylation sites is 1. The number of hydrogen-bond donors (Lipinski definition) is 0. The number of ketones is 1. The van der Waals surface area contributed by atoms with Crippen molar-refractivity contribution in [3.05, 3.63) is 53.7 Å². The van der Waals surface area contributed by atoms with E-state index in [1.54, 1.807) is 12.1 Å². The zero-order valence-electron chi connectivity index (χ0n) is 17.7. The molecule has 0 saturated carbocycles. The molecule has 2 heterocycles. The van der Waals surface area contributed by atoms with Gasteiger partial charge >= 0.3 is 0 Å². The highest BCUT2D eigenvalue weighted by molar-refractivity contribution is 6.11. The minimum absolute atomic E-state index is 0.250. The van der Waals surface area contributed by atoms with Gasteiger partial charge in [-0.3, -0.25) is 4.79 Å². The number of aromatic nitrogens is 3.